The molecule has 0 aliphatic carbocycles. The van der Waals surface area contributed by atoms with Crippen molar-refractivity contribution in [3.05, 3.63) is 35.9 Å². The second-order valence-electron chi connectivity index (χ2n) is 7.91. The van der Waals surface area contributed by atoms with Crippen LogP contribution in [0.25, 0.3) is 0 Å². The number of nitrogens with zero attached hydrogens (tertiary/aromatic N) is 2. The van der Waals surface area contributed by atoms with Crippen molar-refractivity contribution in [3.63, 3.8) is 0 Å². The van der Waals surface area contributed by atoms with Gasteiger partial charge in [-0.05, 0) is 30.9 Å². The number of aliphatic carboxylic acids is 1. The van der Waals surface area contributed by atoms with Crippen molar-refractivity contribution >= 4 is 12.0 Å². The normalized spacial score (nSPS) is 18.3. The van der Waals surface area contributed by atoms with E-state index in [0.717, 1.165) is 6.42 Å². The molecule has 2 amide bonds. The van der Waals surface area contributed by atoms with Crippen LogP contribution in [0.2, 0.25) is 0 Å². The smallest absolute Gasteiger partial charge is 0.317 e. The minimum absolute atomic E-state index is 0.0401. The summed E-state index contributed by atoms with van der Waals surface area (Å²) in [4.78, 5) is 26.9. The van der Waals surface area contributed by atoms with Gasteiger partial charge in [0.1, 0.15) is 0 Å². The zero-order valence-electron chi connectivity index (χ0n) is 17.1. The third-order valence-electron chi connectivity index (χ3n) is 5.15. The van der Waals surface area contributed by atoms with Gasteiger partial charge in [-0.25, -0.2) is 4.79 Å². The number of nitrogens with one attached hydrogen (secondary N) is 1. The van der Waals surface area contributed by atoms with E-state index >= 15 is 0 Å². The predicted octanol–water partition coefficient (Wildman–Crippen LogP) is 1.93. The van der Waals surface area contributed by atoms with E-state index in [1.165, 1.54) is 5.56 Å². The first kappa shape index (κ1) is 22.2. The number of urea groups is 1. The Bertz CT molecular complexity index is 623. The number of carbonyl (C=O) groups excluding carboxylic acids is 1. The van der Waals surface area contributed by atoms with Crippen molar-refractivity contribution in [2.75, 3.05) is 46.4 Å². The highest BCUT2D eigenvalue weighted by atomic mass is 16.5. The fraction of sp³-hybridized carbons (Fsp3) is 0.619. The molecule has 1 aliphatic rings. The van der Waals surface area contributed by atoms with Crippen LogP contribution < -0.4 is 5.32 Å². The molecule has 2 N–H and O–H groups in total. The van der Waals surface area contributed by atoms with Crippen LogP contribution >= 0.6 is 0 Å². The summed E-state index contributed by atoms with van der Waals surface area (Å²) in [7, 11) is 1.74. The molecule has 0 radical (unpaired) electrons. The Morgan fingerprint density at radius 1 is 1.32 bits per heavy atom. The molecule has 0 spiro atoms. The third-order valence-corrected chi connectivity index (χ3v) is 5.15. The summed E-state index contributed by atoms with van der Waals surface area (Å²) >= 11 is 0. The van der Waals surface area contributed by atoms with Crippen molar-refractivity contribution in [2.45, 2.75) is 26.4 Å². The molecule has 28 heavy (non-hydrogen) atoms. The van der Waals surface area contributed by atoms with Crippen LogP contribution in [0.5, 0.6) is 0 Å². The lowest BCUT2D eigenvalue weighted by atomic mass is 9.89. The van der Waals surface area contributed by atoms with E-state index in [9.17, 15) is 9.59 Å². The van der Waals surface area contributed by atoms with Gasteiger partial charge >= 0.3 is 12.0 Å². The maximum atomic E-state index is 12.6. The minimum Gasteiger partial charge on any atom is -0.480 e. The number of benzene rings is 1. The lowest BCUT2D eigenvalue weighted by Gasteiger charge is -2.35. The molecule has 1 heterocycles. The van der Waals surface area contributed by atoms with Gasteiger partial charge in [0.05, 0.1) is 19.3 Å². The monoisotopic (exact) mass is 391 g/mol. The quantitative estimate of drug-likeness (QED) is 0.672. The zero-order chi connectivity index (χ0) is 20.5. The SMILES string of the molecule is CC(C)C(CNC(=O)N1CCOC(CN(C)CC(=O)O)C1)Cc1ccccc1. The van der Waals surface area contributed by atoms with Gasteiger partial charge in [0.15, 0.2) is 0 Å². The summed E-state index contributed by atoms with van der Waals surface area (Å²) in [5.74, 6) is -0.0430. The Balaban J connectivity index is 1.82. The van der Waals surface area contributed by atoms with Crippen LogP contribution in [0.4, 0.5) is 4.79 Å². The summed E-state index contributed by atoms with van der Waals surface area (Å²) in [5, 5.41) is 12.0. The van der Waals surface area contributed by atoms with Crippen molar-refractivity contribution in [1.82, 2.24) is 15.1 Å². The van der Waals surface area contributed by atoms with Crippen LogP contribution in [-0.4, -0.2) is 79.4 Å². The first-order valence-corrected chi connectivity index (χ1v) is 9.93. The first-order valence-electron chi connectivity index (χ1n) is 9.93. The Hall–Kier alpha value is -2.12. The molecule has 1 aliphatic heterocycles. The topological polar surface area (TPSA) is 82.1 Å². The van der Waals surface area contributed by atoms with Crippen LogP contribution in [0.1, 0.15) is 19.4 Å². The van der Waals surface area contributed by atoms with Crippen LogP contribution in [0, 0.1) is 11.8 Å². The van der Waals surface area contributed by atoms with Crippen molar-refractivity contribution in [1.29, 1.82) is 0 Å². The molecule has 7 nitrogen and oxygen atoms in total. The summed E-state index contributed by atoms with van der Waals surface area (Å²) in [6.45, 7) is 6.94. The van der Waals surface area contributed by atoms with E-state index in [0.29, 0.717) is 44.6 Å². The Kier molecular flexibility index (Phi) is 8.73. The number of hydrogen-bond donors (Lipinski definition) is 2. The number of carboxylic acid groups (broad SMARTS) is 1. The van der Waals surface area contributed by atoms with Crippen LogP contribution in [-0.2, 0) is 16.0 Å². The Morgan fingerprint density at radius 3 is 2.68 bits per heavy atom. The van der Waals surface area contributed by atoms with Gasteiger partial charge in [-0.15, -0.1) is 0 Å². The van der Waals surface area contributed by atoms with Crippen LogP contribution in [0.3, 0.4) is 0 Å². The van der Waals surface area contributed by atoms with E-state index in [4.69, 9.17) is 9.84 Å². The lowest BCUT2D eigenvalue weighted by molar-refractivity contribution is -0.138. The number of morpholine rings is 1. The van der Waals surface area contributed by atoms with Gasteiger partial charge in [-0.3, -0.25) is 9.69 Å². The average Bonchev–Trinajstić information content (AvgIpc) is 2.65. The number of ether oxygens (including phenoxy) is 1. The fourth-order valence-electron chi connectivity index (χ4n) is 3.45. The third kappa shape index (κ3) is 7.48. The fourth-order valence-corrected chi connectivity index (χ4v) is 3.45. The lowest BCUT2D eigenvalue weighted by Crippen LogP contribution is -2.53. The average molecular weight is 392 g/mol. The van der Waals surface area contributed by atoms with E-state index in [2.05, 4.69) is 31.3 Å². The number of amides is 2. The molecular formula is C21H33N3O4. The molecule has 2 unspecified atom stereocenters. The highest BCUT2D eigenvalue weighted by Gasteiger charge is 2.26. The van der Waals surface area contributed by atoms with Crippen molar-refractivity contribution in [2.24, 2.45) is 11.8 Å². The molecule has 156 valence electrons. The minimum atomic E-state index is -0.869. The van der Waals surface area contributed by atoms with Gasteiger partial charge in [0, 0.05) is 26.2 Å². The van der Waals surface area contributed by atoms with Gasteiger partial charge in [-0.1, -0.05) is 44.2 Å². The molecule has 1 saturated heterocycles. The summed E-state index contributed by atoms with van der Waals surface area (Å²) < 4.78 is 5.70. The van der Waals surface area contributed by atoms with E-state index in [1.54, 1.807) is 16.8 Å². The molecule has 2 rings (SSSR count). The second-order valence-corrected chi connectivity index (χ2v) is 7.91. The largest absolute Gasteiger partial charge is 0.480 e. The van der Waals surface area contributed by atoms with Gasteiger partial charge in [0.2, 0.25) is 0 Å². The molecule has 1 aromatic rings. The summed E-state index contributed by atoms with van der Waals surface area (Å²) in [6, 6.07) is 10.3. The number of hydrogen-bond acceptors (Lipinski definition) is 4. The standard InChI is InChI=1S/C21H33N3O4/c1-16(2)18(11-17-7-5-4-6-8-17)12-22-21(27)24-9-10-28-19(14-24)13-23(3)15-20(25)26/h4-8,16,18-19H,9-15H2,1-3H3,(H,22,27)(H,25,26). The molecule has 1 aromatic carbocycles. The zero-order valence-corrected chi connectivity index (χ0v) is 17.1. The number of carboxylic acids is 1. The number of carbonyl (C=O) groups is 2. The molecule has 1 fully saturated rings. The van der Waals surface area contributed by atoms with Crippen molar-refractivity contribution in [3.8, 4) is 0 Å². The maximum Gasteiger partial charge on any atom is 0.317 e. The number of rotatable bonds is 9. The van der Waals surface area contributed by atoms with Crippen LogP contribution in [0.15, 0.2) is 30.3 Å². The van der Waals surface area contributed by atoms with Gasteiger partial charge < -0.3 is 20.1 Å². The van der Waals surface area contributed by atoms with Gasteiger partial charge in [-0.2, -0.15) is 0 Å². The summed E-state index contributed by atoms with van der Waals surface area (Å²) in [5.41, 5.74) is 1.28. The van der Waals surface area contributed by atoms with Crippen molar-refractivity contribution < 1.29 is 19.4 Å². The Morgan fingerprint density at radius 2 is 2.04 bits per heavy atom. The molecule has 2 atom stereocenters. The first-order chi connectivity index (χ1) is 13.3. The highest BCUT2D eigenvalue weighted by molar-refractivity contribution is 5.74. The van der Waals surface area contributed by atoms with E-state index in [-0.39, 0.29) is 18.7 Å². The van der Waals surface area contributed by atoms with E-state index in [1.807, 2.05) is 18.2 Å². The summed E-state index contributed by atoms with van der Waals surface area (Å²) in [6.07, 6.45) is 0.763. The molecule has 0 bridgehead atoms. The molecule has 7 heteroatoms. The predicted molar refractivity (Wildman–Crippen MR) is 108 cm³/mol. The Labute approximate surface area is 167 Å². The maximum absolute atomic E-state index is 12.6. The molecular weight excluding hydrogens is 358 g/mol. The highest BCUT2D eigenvalue weighted by Crippen LogP contribution is 2.17. The van der Waals surface area contributed by atoms with Gasteiger partial charge in [0.25, 0.3) is 0 Å². The number of likely N-dealkylation sites (N-methyl/N-ethyl adjacent to an activating group) is 1. The van der Waals surface area contributed by atoms with E-state index < -0.39 is 5.97 Å². The molecule has 0 aromatic heterocycles. The molecule has 0 saturated carbocycles. The second kappa shape index (κ2) is 11.0.